The van der Waals surface area contributed by atoms with E-state index >= 15 is 0 Å². The lowest BCUT2D eigenvalue weighted by atomic mass is 9.96. The van der Waals surface area contributed by atoms with Crippen LogP contribution in [0.3, 0.4) is 0 Å². The molecule has 26 heavy (non-hydrogen) atoms. The van der Waals surface area contributed by atoms with Crippen LogP contribution in [0, 0.1) is 5.92 Å². The number of rotatable bonds is 6. The Morgan fingerprint density at radius 3 is 2.54 bits per heavy atom. The van der Waals surface area contributed by atoms with Crippen molar-refractivity contribution in [1.82, 2.24) is 24.5 Å². The minimum atomic E-state index is -3.45. The van der Waals surface area contributed by atoms with Gasteiger partial charge in [0, 0.05) is 38.8 Å². The van der Waals surface area contributed by atoms with Crippen molar-refractivity contribution in [1.29, 1.82) is 0 Å². The molecule has 2 aromatic heterocycles. The molecule has 0 amide bonds. The molecule has 1 saturated carbocycles. The number of nitrogens with zero attached hydrogens (tertiary/aromatic N) is 5. The number of aromatic nitrogens is 4. The van der Waals surface area contributed by atoms with E-state index in [1.807, 2.05) is 11.6 Å². The predicted octanol–water partition coefficient (Wildman–Crippen LogP) is 1.28. The second kappa shape index (κ2) is 6.96. The first-order valence-corrected chi connectivity index (χ1v) is 10.6. The van der Waals surface area contributed by atoms with Crippen LogP contribution in [0.4, 0.5) is 5.82 Å². The van der Waals surface area contributed by atoms with Gasteiger partial charge in [0.05, 0.1) is 0 Å². The first-order chi connectivity index (χ1) is 12.5. The second-order valence-electron chi connectivity index (χ2n) is 7.21. The van der Waals surface area contributed by atoms with Crippen molar-refractivity contribution in [2.75, 3.05) is 24.5 Å². The molecule has 3 heterocycles. The molecule has 9 heteroatoms. The number of sulfonamides is 1. The van der Waals surface area contributed by atoms with E-state index in [0.29, 0.717) is 18.4 Å². The van der Waals surface area contributed by atoms with Crippen LogP contribution in [0.5, 0.6) is 0 Å². The number of nitrogens with one attached hydrogen (secondary N) is 1. The molecule has 2 fully saturated rings. The van der Waals surface area contributed by atoms with Crippen molar-refractivity contribution in [3.63, 3.8) is 0 Å². The quantitative estimate of drug-likeness (QED) is 0.816. The highest BCUT2D eigenvalue weighted by molar-refractivity contribution is 7.89. The van der Waals surface area contributed by atoms with E-state index in [2.05, 4.69) is 24.8 Å². The van der Waals surface area contributed by atoms with E-state index in [-0.39, 0.29) is 4.90 Å². The number of aryl methyl sites for hydroxylation is 1. The Balaban J connectivity index is 1.37. The van der Waals surface area contributed by atoms with Gasteiger partial charge in [-0.1, -0.05) is 0 Å². The molecule has 8 nitrogen and oxygen atoms in total. The van der Waals surface area contributed by atoms with Crippen LogP contribution in [0.1, 0.15) is 37.4 Å². The van der Waals surface area contributed by atoms with Gasteiger partial charge in [0.1, 0.15) is 22.9 Å². The molecule has 0 radical (unpaired) electrons. The number of anilines is 1. The van der Waals surface area contributed by atoms with Gasteiger partial charge in [-0.3, -0.25) is 0 Å². The maximum atomic E-state index is 12.3. The summed E-state index contributed by atoms with van der Waals surface area (Å²) < 4.78 is 29.2. The zero-order valence-corrected chi connectivity index (χ0v) is 15.7. The van der Waals surface area contributed by atoms with Crippen LogP contribution in [-0.2, 0) is 17.1 Å². The molecule has 2 aliphatic rings. The molecule has 1 N–H and O–H groups in total. The molecule has 1 aliphatic heterocycles. The molecular formula is C17H24N6O2S. The molecular weight excluding hydrogens is 352 g/mol. The van der Waals surface area contributed by atoms with E-state index in [1.54, 1.807) is 18.5 Å². The molecule has 0 atom stereocenters. The highest BCUT2D eigenvalue weighted by Gasteiger charge is 2.26. The molecule has 1 aliphatic carbocycles. The Kier molecular flexibility index (Phi) is 4.66. The molecule has 0 unspecified atom stereocenters. The Morgan fingerprint density at radius 1 is 1.19 bits per heavy atom. The van der Waals surface area contributed by atoms with Gasteiger partial charge >= 0.3 is 0 Å². The van der Waals surface area contributed by atoms with Gasteiger partial charge in [0.15, 0.2) is 0 Å². The average molecular weight is 376 g/mol. The predicted molar refractivity (Wildman–Crippen MR) is 97.3 cm³/mol. The van der Waals surface area contributed by atoms with Crippen LogP contribution in [-0.4, -0.2) is 47.8 Å². The fraction of sp³-hybridized carbons (Fsp3) is 0.588. The summed E-state index contributed by atoms with van der Waals surface area (Å²) in [5.74, 6) is 2.76. The summed E-state index contributed by atoms with van der Waals surface area (Å²) in [5.41, 5.74) is 0. The smallest absolute Gasteiger partial charge is 0.242 e. The maximum absolute atomic E-state index is 12.3. The first-order valence-electron chi connectivity index (χ1n) is 9.07. The fourth-order valence-corrected chi connectivity index (χ4v) is 4.44. The monoisotopic (exact) mass is 376 g/mol. The van der Waals surface area contributed by atoms with Gasteiger partial charge in [-0.25, -0.2) is 18.1 Å². The van der Waals surface area contributed by atoms with E-state index in [1.165, 1.54) is 6.20 Å². The van der Waals surface area contributed by atoms with Crippen LogP contribution in [0.2, 0.25) is 0 Å². The third-order valence-corrected chi connectivity index (χ3v) is 6.63. The summed E-state index contributed by atoms with van der Waals surface area (Å²) in [6, 6.07) is 3.45. The minimum Gasteiger partial charge on any atom is -0.357 e. The summed E-state index contributed by atoms with van der Waals surface area (Å²) in [5, 5.41) is 8.18. The zero-order valence-electron chi connectivity index (χ0n) is 14.9. The lowest BCUT2D eigenvalue weighted by Gasteiger charge is -2.32. The summed E-state index contributed by atoms with van der Waals surface area (Å²) in [7, 11) is -1.48. The van der Waals surface area contributed by atoms with E-state index < -0.39 is 10.0 Å². The van der Waals surface area contributed by atoms with Crippen molar-refractivity contribution < 1.29 is 8.42 Å². The number of hydrogen-bond acceptors (Lipinski definition) is 6. The molecule has 0 aromatic carbocycles. The highest BCUT2D eigenvalue weighted by atomic mass is 32.2. The summed E-state index contributed by atoms with van der Waals surface area (Å²) in [6.07, 6.45) is 7.39. The lowest BCUT2D eigenvalue weighted by Crippen LogP contribution is -2.34. The topological polar surface area (TPSA) is 93.0 Å². The molecule has 1 saturated heterocycles. The number of hydrogen-bond donors (Lipinski definition) is 1. The first kappa shape index (κ1) is 17.4. The SMILES string of the molecule is Cn1cnnc1C1CCN(c2ccc(S(=O)(=O)NCC3CC3)cn2)CC1. The third-order valence-electron chi connectivity index (χ3n) is 5.22. The van der Waals surface area contributed by atoms with Gasteiger partial charge in [-0.2, -0.15) is 0 Å². The van der Waals surface area contributed by atoms with E-state index in [4.69, 9.17) is 0 Å². The Bertz CT molecular complexity index is 852. The summed E-state index contributed by atoms with van der Waals surface area (Å²) in [4.78, 5) is 6.82. The Hall–Kier alpha value is -2.00. The van der Waals surface area contributed by atoms with Crippen molar-refractivity contribution in [3.8, 4) is 0 Å². The van der Waals surface area contributed by atoms with Crippen LogP contribution in [0.25, 0.3) is 0 Å². The van der Waals surface area contributed by atoms with E-state index in [0.717, 1.165) is 50.4 Å². The number of pyridine rings is 1. The largest absolute Gasteiger partial charge is 0.357 e. The van der Waals surface area contributed by atoms with Gasteiger partial charge < -0.3 is 9.47 Å². The second-order valence-corrected chi connectivity index (χ2v) is 8.98. The third kappa shape index (κ3) is 3.73. The average Bonchev–Trinajstić information content (AvgIpc) is 3.40. The molecule has 0 spiro atoms. The zero-order chi connectivity index (χ0) is 18.1. The molecule has 0 bridgehead atoms. The van der Waals surface area contributed by atoms with Crippen LogP contribution < -0.4 is 9.62 Å². The van der Waals surface area contributed by atoms with E-state index in [9.17, 15) is 8.42 Å². The summed E-state index contributed by atoms with van der Waals surface area (Å²) >= 11 is 0. The standard InChI is InChI=1S/C17H24N6O2S/c1-22-12-19-21-17(22)14-6-8-23(9-7-14)16-5-4-15(11-18-16)26(24,25)20-10-13-2-3-13/h4-5,11-14,20H,2-3,6-10H2,1H3. The molecule has 4 rings (SSSR count). The van der Waals surface area contributed by atoms with Crippen LogP contribution in [0.15, 0.2) is 29.6 Å². The Morgan fingerprint density at radius 2 is 1.96 bits per heavy atom. The lowest BCUT2D eigenvalue weighted by molar-refractivity contribution is 0.472. The Labute approximate surface area is 153 Å². The van der Waals surface area contributed by atoms with Crippen LogP contribution >= 0.6 is 0 Å². The van der Waals surface area contributed by atoms with Gasteiger partial charge in [-0.15, -0.1) is 10.2 Å². The molecule has 140 valence electrons. The maximum Gasteiger partial charge on any atom is 0.242 e. The van der Waals surface area contributed by atoms with Crippen molar-refractivity contribution >= 4 is 15.8 Å². The van der Waals surface area contributed by atoms with Crippen molar-refractivity contribution in [2.45, 2.75) is 36.5 Å². The van der Waals surface area contributed by atoms with Crippen molar-refractivity contribution in [2.24, 2.45) is 13.0 Å². The minimum absolute atomic E-state index is 0.232. The highest BCUT2D eigenvalue weighted by Crippen LogP contribution is 2.29. The fourth-order valence-electron chi connectivity index (χ4n) is 3.38. The normalized spacial score (nSPS) is 19.0. The van der Waals surface area contributed by atoms with Gasteiger partial charge in [-0.05, 0) is 43.7 Å². The molecule has 2 aromatic rings. The van der Waals surface area contributed by atoms with Crippen molar-refractivity contribution in [3.05, 3.63) is 30.5 Å². The summed E-state index contributed by atoms with van der Waals surface area (Å²) in [6.45, 7) is 2.27. The van der Waals surface area contributed by atoms with Gasteiger partial charge in [0.2, 0.25) is 10.0 Å². The van der Waals surface area contributed by atoms with Gasteiger partial charge in [0.25, 0.3) is 0 Å². The number of piperidine rings is 1.